The van der Waals surface area contributed by atoms with Crippen LogP contribution in [0, 0.1) is 0 Å². The molecule has 1 aliphatic heterocycles. The average molecular weight is 438 g/mol. The maximum Gasteiger partial charge on any atom is 0.295 e. The second-order valence-electron chi connectivity index (χ2n) is 7.17. The van der Waals surface area contributed by atoms with Crippen molar-refractivity contribution < 1.29 is 19.4 Å². The second kappa shape index (κ2) is 8.28. The number of rotatable bonds is 6. The molecule has 158 valence electrons. The van der Waals surface area contributed by atoms with Gasteiger partial charge >= 0.3 is 0 Å². The largest absolute Gasteiger partial charge is 0.503 e. The zero-order chi connectivity index (χ0) is 22.1. The molecule has 1 amide bonds. The van der Waals surface area contributed by atoms with Gasteiger partial charge in [0, 0.05) is 17.3 Å². The summed E-state index contributed by atoms with van der Waals surface area (Å²) in [4.78, 5) is 26.6. The first-order chi connectivity index (χ1) is 14.9. The summed E-state index contributed by atoms with van der Waals surface area (Å²) in [5.41, 5.74) is 1.70. The Morgan fingerprint density at radius 2 is 1.81 bits per heavy atom. The van der Waals surface area contributed by atoms with Crippen LogP contribution >= 0.6 is 11.6 Å². The van der Waals surface area contributed by atoms with Crippen molar-refractivity contribution in [1.29, 1.82) is 0 Å². The van der Waals surface area contributed by atoms with Crippen LogP contribution in [0.1, 0.15) is 24.1 Å². The van der Waals surface area contributed by atoms with Gasteiger partial charge in [-0.25, -0.2) is 0 Å². The molecule has 1 N–H and O–H groups in total. The van der Waals surface area contributed by atoms with E-state index in [1.807, 2.05) is 12.1 Å². The standard InChI is InChI=1S/C23H20ClN3O4/c1-14(28)20-21(16-5-9-18(31-2)10-6-16)27(23(30)22(20)29)19-11-12-26(25-19)13-15-3-7-17(24)8-4-15/h3-12,21,29H,13H2,1-2H3/t21-/m0/s1. The van der Waals surface area contributed by atoms with Crippen molar-refractivity contribution in [2.45, 2.75) is 19.5 Å². The van der Waals surface area contributed by atoms with Crippen LogP contribution in [0.4, 0.5) is 5.82 Å². The number of ether oxygens (including phenoxy) is 1. The van der Waals surface area contributed by atoms with Gasteiger partial charge < -0.3 is 9.84 Å². The lowest BCUT2D eigenvalue weighted by atomic mass is 9.96. The third-order valence-corrected chi connectivity index (χ3v) is 5.40. The first-order valence-corrected chi connectivity index (χ1v) is 9.96. The van der Waals surface area contributed by atoms with Crippen molar-refractivity contribution in [2.75, 3.05) is 12.0 Å². The fourth-order valence-electron chi connectivity index (χ4n) is 3.65. The van der Waals surface area contributed by atoms with Gasteiger partial charge in [0.2, 0.25) is 0 Å². The van der Waals surface area contributed by atoms with Crippen molar-refractivity contribution in [1.82, 2.24) is 9.78 Å². The minimum atomic E-state index is -0.783. The summed E-state index contributed by atoms with van der Waals surface area (Å²) in [6, 6.07) is 15.3. The lowest BCUT2D eigenvalue weighted by Gasteiger charge is -2.24. The molecule has 4 rings (SSSR count). The second-order valence-corrected chi connectivity index (χ2v) is 7.60. The number of benzene rings is 2. The molecule has 0 bridgehead atoms. The van der Waals surface area contributed by atoms with Crippen LogP contribution in [0.3, 0.4) is 0 Å². The van der Waals surface area contributed by atoms with E-state index in [0.29, 0.717) is 28.7 Å². The highest BCUT2D eigenvalue weighted by atomic mass is 35.5. The monoisotopic (exact) mass is 437 g/mol. The molecule has 2 aromatic carbocycles. The van der Waals surface area contributed by atoms with Crippen LogP contribution in [-0.2, 0) is 16.1 Å². The van der Waals surface area contributed by atoms with E-state index in [4.69, 9.17) is 16.3 Å². The van der Waals surface area contributed by atoms with Crippen LogP contribution in [0.5, 0.6) is 5.75 Å². The molecule has 0 saturated heterocycles. The van der Waals surface area contributed by atoms with E-state index in [-0.39, 0.29) is 11.4 Å². The summed E-state index contributed by atoms with van der Waals surface area (Å²) >= 11 is 5.94. The summed E-state index contributed by atoms with van der Waals surface area (Å²) in [6.45, 7) is 1.81. The molecule has 1 aromatic heterocycles. The van der Waals surface area contributed by atoms with Gasteiger partial charge in [0.15, 0.2) is 17.4 Å². The number of methoxy groups -OCH3 is 1. The molecule has 0 aliphatic carbocycles. The Morgan fingerprint density at radius 3 is 2.42 bits per heavy atom. The molecule has 2 heterocycles. The van der Waals surface area contributed by atoms with Crippen LogP contribution in [0.15, 0.2) is 72.1 Å². The van der Waals surface area contributed by atoms with Crippen LogP contribution in [0.2, 0.25) is 5.02 Å². The van der Waals surface area contributed by atoms with Crippen LogP contribution in [0.25, 0.3) is 0 Å². The van der Waals surface area contributed by atoms with E-state index < -0.39 is 17.7 Å². The molecule has 3 aromatic rings. The number of ketones is 1. The Labute approximate surface area is 184 Å². The van der Waals surface area contributed by atoms with Crippen molar-refractivity contribution in [2.24, 2.45) is 0 Å². The Kier molecular flexibility index (Phi) is 5.52. The molecule has 0 spiro atoms. The summed E-state index contributed by atoms with van der Waals surface area (Å²) in [6.07, 6.45) is 1.74. The minimum absolute atomic E-state index is 0.0439. The highest BCUT2D eigenvalue weighted by Gasteiger charge is 2.44. The molecule has 7 nitrogen and oxygen atoms in total. The van der Waals surface area contributed by atoms with E-state index in [0.717, 1.165) is 5.56 Å². The topological polar surface area (TPSA) is 84.7 Å². The maximum absolute atomic E-state index is 12.9. The van der Waals surface area contributed by atoms with Crippen molar-refractivity contribution in [3.8, 4) is 5.75 Å². The predicted octanol–water partition coefficient (Wildman–Crippen LogP) is 4.08. The van der Waals surface area contributed by atoms with Crippen molar-refractivity contribution in [3.63, 3.8) is 0 Å². The van der Waals surface area contributed by atoms with E-state index in [1.54, 1.807) is 60.5 Å². The van der Waals surface area contributed by atoms with Gasteiger partial charge in [-0.3, -0.25) is 19.2 Å². The van der Waals surface area contributed by atoms with Gasteiger partial charge in [-0.15, -0.1) is 0 Å². The van der Waals surface area contributed by atoms with Gasteiger partial charge in [0.05, 0.1) is 25.3 Å². The SMILES string of the molecule is COc1ccc([C@H]2C(C(C)=O)=C(O)C(=O)N2c2ccn(Cc3ccc(Cl)cc3)n2)cc1. The van der Waals surface area contributed by atoms with Crippen LogP contribution in [-0.4, -0.2) is 33.7 Å². The average Bonchev–Trinajstić information content (AvgIpc) is 3.32. The highest BCUT2D eigenvalue weighted by molar-refractivity contribution is 6.30. The van der Waals surface area contributed by atoms with Crippen LogP contribution < -0.4 is 9.64 Å². The molecule has 8 heteroatoms. The lowest BCUT2D eigenvalue weighted by molar-refractivity contribution is -0.117. The molecule has 0 fully saturated rings. The van der Waals surface area contributed by atoms with Gasteiger partial charge in [-0.1, -0.05) is 35.9 Å². The number of carbonyl (C=O) groups excluding carboxylic acids is 2. The number of hydrogen-bond acceptors (Lipinski definition) is 5. The van der Waals surface area contributed by atoms with Crippen molar-refractivity contribution >= 4 is 29.1 Å². The number of carbonyl (C=O) groups is 2. The number of amides is 1. The van der Waals surface area contributed by atoms with Crippen molar-refractivity contribution in [3.05, 3.63) is 88.3 Å². The van der Waals surface area contributed by atoms with Gasteiger partial charge in [0.1, 0.15) is 5.75 Å². The summed E-state index contributed by atoms with van der Waals surface area (Å²) < 4.78 is 6.87. The normalized spacial score (nSPS) is 16.2. The third-order valence-electron chi connectivity index (χ3n) is 5.15. The molecule has 1 atom stereocenters. The zero-order valence-electron chi connectivity index (χ0n) is 16.9. The zero-order valence-corrected chi connectivity index (χ0v) is 17.7. The Balaban J connectivity index is 1.70. The first kappa shape index (κ1) is 20.7. The molecular weight excluding hydrogens is 418 g/mol. The number of aliphatic hydroxyl groups is 1. The molecule has 1 aliphatic rings. The summed E-state index contributed by atoms with van der Waals surface area (Å²) in [7, 11) is 1.56. The van der Waals surface area contributed by atoms with E-state index in [9.17, 15) is 14.7 Å². The van der Waals surface area contributed by atoms with E-state index >= 15 is 0 Å². The number of Topliss-reactive ketones (excluding diaryl/α,β-unsaturated/α-hetero) is 1. The molecule has 31 heavy (non-hydrogen) atoms. The number of aromatic nitrogens is 2. The number of halogens is 1. The quantitative estimate of drug-likeness (QED) is 0.628. The van der Waals surface area contributed by atoms with Gasteiger partial charge in [-0.2, -0.15) is 5.10 Å². The Bertz CT molecular complexity index is 1170. The summed E-state index contributed by atoms with van der Waals surface area (Å²) in [5, 5.41) is 15.6. The first-order valence-electron chi connectivity index (χ1n) is 9.58. The molecule has 0 radical (unpaired) electrons. The van der Waals surface area contributed by atoms with E-state index in [2.05, 4.69) is 5.10 Å². The Morgan fingerprint density at radius 1 is 1.13 bits per heavy atom. The van der Waals surface area contributed by atoms with E-state index in [1.165, 1.54) is 11.8 Å². The Hall–Kier alpha value is -3.58. The van der Waals surface area contributed by atoms with Gasteiger partial charge in [0.25, 0.3) is 5.91 Å². The third kappa shape index (κ3) is 3.92. The summed E-state index contributed by atoms with van der Waals surface area (Å²) in [5.74, 6) is -0.620. The molecule has 0 unspecified atom stereocenters. The highest BCUT2D eigenvalue weighted by Crippen LogP contribution is 2.40. The number of nitrogens with zero attached hydrogens (tertiary/aromatic N) is 3. The number of anilines is 1. The fourth-order valence-corrected chi connectivity index (χ4v) is 3.77. The molecular formula is C23H20ClN3O4. The molecule has 0 saturated carbocycles. The van der Waals surface area contributed by atoms with Gasteiger partial charge in [-0.05, 0) is 42.3 Å². The predicted molar refractivity (Wildman–Crippen MR) is 116 cm³/mol. The fraction of sp³-hybridized carbons (Fsp3) is 0.174. The smallest absolute Gasteiger partial charge is 0.295 e. The lowest BCUT2D eigenvalue weighted by Crippen LogP contribution is -2.31. The number of hydrogen-bond donors (Lipinski definition) is 1. The number of aliphatic hydroxyl groups excluding tert-OH is 1. The minimum Gasteiger partial charge on any atom is -0.503 e. The maximum atomic E-state index is 12.9.